The van der Waals surface area contributed by atoms with E-state index in [0.29, 0.717) is 25.3 Å². The van der Waals surface area contributed by atoms with Crippen LogP contribution in [0.1, 0.15) is 22.8 Å². The lowest BCUT2D eigenvalue weighted by Crippen LogP contribution is -2.48. The molecule has 0 aromatic heterocycles. The second kappa shape index (κ2) is 9.37. The number of piperazine rings is 1. The maximum Gasteiger partial charge on any atom is 0.409 e. The first-order valence-electron chi connectivity index (χ1n) is 7.45. The summed E-state index contributed by atoms with van der Waals surface area (Å²) in [5.41, 5.74) is 1.69. The van der Waals surface area contributed by atoms with E-state index >= 15 is 0 Å². The molecule has 1 aliphatic heterocycles. The highest BCUT2D eigenvalue weighted by atomic mass is 35.5. The first kappa shape index (κ1) is 19.3. The molecule has 6 nitrogen and oxygen atoms in total. The molecule has 0 spiro atoms. The first-order chi connectivity index (χ1) is 10.6. The molecule has 1 aromatic rings. The number of esters is 1. The predicted molar refractivity (Wildman–Crippen MR) is 88.9 cm³/mol. The van der Waals surface area contributed by atoms with Crippen molar-refractivity contribution >= 4 is 24.5 Å². The van der Waals surface area contributed by atoms with Gasteiger partial charge < -0.3 is 14.4 Å². The van der Waals surface area contributed by atoms with Crippen molar-refractivity contribution in [2.45, 2.75) is 13.5 Å². The number of carbonyl (C=O) groups is 2. The molecule has 0 bridgehead atoms. The van der Waals surface area contributed by atoms with Crippen molar-refractivity contribution in [3.8, 4) is 0 Å². The summed E-state index contributed by atoms with van der Waals surface area (Å²) in [6.45, 7) is 6.02. The highest BCUT2D eigenvalue weighted by Gasteiger charge is 2.21. The maximum absolute atomic E-state index is 11.6. The van der Waals surface area contributed by atoms with Gasteiger partial charge in [0.15, 0.2) is 0 Å². The van der Waals surface area contributed by atoms with Crippen molar-refractivity contribution in [1.29, 1.82) is 0 Å². The summed E-state index contributed by atoms with van der Waals surface area (Å²) in [5.74, 6) is -0.324. The zero-order valence-electron chi connectivity index (χ0n) is 13.5. The summed E-state index contributed by atoms with van der Waals surface area (Å²) < 4.78 is 9.69. The van der Waals surface area contributed by atoms with Crippen LogP contribution in [0.3, 0.4) is 0 Å². The van der Waals surface area contributed by atoms with Gasteiger partial charge in [0, 0.05) is 32.7 Å². The predicted octanol–water partition coefficient (Wildman–Crippen LogP) is 2.17. The Hall–Kier alpha value is -1.79. The highest BCUT2D eigenvalue weighted by Crippen LogP contribution is 2.11. The molecule has 1 aliphatic rings. The number of halogens is 1. The Balaban J connectivity index is 0.00000264. The molecular weight excluding hydrogens is 320 g/mol. The number of ether oxygens (including phenoxy) is 2. The zero-order valence-corrected chi connectivity index (χ0v) is 14.3. The van der Waals surface area contributed by atoms with Gasteiger partial charge in [0.1, 0.15) is 0 Å². The van der Waals surface area contributed by atoms with Gasteiger partial charge in [0.05, 0.1) is 19.3 Å². The highest BCUT2D eigenvalue weighted by molar-refractivity contribution is 5.89. The van der Waals surface area contributed by atoms with E-state index in [0.717, 1.165) is 25.2 Å². The third kappa shape index (κ3) is 5.41. The van der Waals surface area contributed by atoms with Gasteiger partial charge in [-0.1, -0.05) is 12.1 Å². The quantitative estimate of drug-likeness (QED) is 0.785. The molecule has 128 valence electrons. The third-order valence-corrected chi connectivity index (χ3v) is 3.68. The number of hydrogen-bond donors (Lipinski definition) is 0. The van der Waals surface area contributed by atoms with Crippen LogP contribution in [0.4, 0.5) is 4.79 Å². The average Bonchev–Trinajstić information content (AvgIpc) is 2.55. The second-order valence-corrected chi connectivity index (χ2v) is 5.15. The van der Waals surface area contributed by atoms with E-state index in [1.165, 1.54) is 7.11 Å². The van der Waals surface area contributed by atoms with E-state index in [9.17, 15) is 9.59 Å². The van der Waals surface area contributed by atoms with Crippen LogP contribution in [0.15, 0.2) is 24.3 Å². The summed E-state index contributed by atoms with van der Waals surface area (Å²) in [4.78, 5) is 27.0. The van der Waals surface area contributed by atoms with E-state index in [1.807, 2.05) is 19.1 Å². The van der Waals surface area contributed by atoms with E-state index in [4.69, 9.17) is 4.74 Å². The van der Waals surface area contributed by atoms with Gasteiger partial charge in [0.25, 0.3) is 0 Å². The number of carbonyl (C=O) groups excluding carboxylic acids is 2. The smallest absolute Gasteiger partial charge is 0.409 e. The molecule has 1 aromatic carbocycles. The Bertz CT molecular complexity index is 513. The Morgan fingerprint density at radius 3 is 2.22 bits per heavy atom. The number of rotatable bonds is 4. The monoisotopic (exact) mass is 342 g/mol. The minimum absolute atomic E-state index is 0. The fraction of sp³-hybridized carbons (Fsp3) is 0.500. The summed E-state index contributed by atoms with van der Waals surface area (Å²) >= 11 is 0. The average molecular weight is 343 g/mol. The fourth-order valence-corrected chi connectivity index (χ4v) is 2.43. The zero-order chi connectivity index (χ0) is 15.9. The number of hydrogen-bond acceptors (Lipinski definition) is 5. The van der Waals surface area contributed by atoms with Gasteiger partial charge in [-0.25, -0.2) is 9.59 Å². The van der Waals surface area contributed by atoms with Crippen molar-refractivity contribution < 1.29 is 19.1 Å². The van der Waals surface area contributed by atoms with Gasteiger partial charge in [-0.15, -0.1) is 12.4 Å². The lowest BCUT2D eigenvalue weighted by Gasteiger charge is -2.34. The van der Waals surface area contributed by atoms with Gasteiger partial charge in [0.2, 0.25) is 0 Å². The molecule has 1 amide bonds. The standard InChI is InChI=1S/C16H22N2O4.ClH/c1-3-22-16(20)18-10-8-17(9-11-18)12-13-4-6-14(7-5-13)15(19)21-2;/h4-7H,3,8-12H2,1-2H3;1H. The maximum atomic E-state index is 11.6. The van der Waals surface area contributed by atoms with E-state index in [2.05, 4.69) is 9.64 Å². The molecule has 2 rings (SSSR count). The fourth-order valence-electron chi connectivity index (χ4n) is 2.43. The van der Waals surface area contributed by atoms with Crippen LogP contribution >= 0.6 is 12.4 Å². The Morgan fingerprint density at radius 2 is 1.70 bits per heavy atom. The minimum atomic E-state index is -0.324. The van der Waals surface area contributed by atoms with Gasteiger partial charge >= 0.3 is 12.1 Å². The summed E-state index contributed by atoms with van der Waals surface area (Å²) in [6.07, 6.45) is -0.232. The van der Waals surface area contributed by atoms with E-state index < -0.39 is 0 Å². The number of methoxy groups -OCH3 is 1. The summed E-state index contributed by atoms with van der Waals surface area (Å²) in [6, 6.07) is 7.42. The molecule has 0 atom stereocenters. The van der Waals surface area contributed by atoms with Crippen LogP contribution < -0.4 is 0 Å². The van der Waals surface area contributed by atoms with Gasteiger partial charge in [-0.05, 0) is 24.6 Å². The Morgan fingerprint density at radius 1 is 1.09 bits per heavy atom. The molecule has 0 aliphatic carbocycles. The van der Waals surface area contributed by atoms with E-state index in [-0.39, 0.29) is 24.5 Å². The normalized spacial score (nSPS) is 14.8. The first-order valence-corrected chi connectivity index (χ1v) is 7.45. The number of benzene rings is 1. The van der Waals surface area contributed by atoms with Crippen LogP contribution in [0.5, 0.6) is 0 Å². The van der Waals surface area contributed by atoms with Crippen molar-refractivity contribution in [2.75, 3.05) is 39.9 Å². The second-order valence-electron chi connectivity index (χ2n) is 5.15. The number of nitrogens with zero attached hydrogens (tertiary/aromatic N) is 2. The van der Waals surface area contributed by atoms with Crippen molar-refractivity contribution in [3.05, 3.63) is 35.4 Å². The molecular formula is C16H23ClN2O4. The lowest BCUT2D eigenvalue weighted by molar-refractivity contribution is 0.0600. The van der Waals surface area contributed by atoms with Crippen molar-refractivity contribution in [1.82, 2.24) is 9.80 Å². The molecule has 23 heavy (non-hydrogen) atoms. The van der Waals surface area contributed by atoms with Crippen LogP contribution in [0, 0.1) is 0 Å². The Labute approximate surface area is 142 Å². The topological polar surface area (TPSA) is 59.1 Å². The summed E-state index contributed by atoms with van der Waals surface area (Å²) in [5, 5.41) is 0. The summed E-state index contributed by atoms with van der Waals surface area (Å²) in [7, 11) is 1.37. The molecule has 0 saturated carbocycles. The van der Waals surface area contributed by atoms with Crippen LogP contribution in [0.2, 0.25) is 0 Å². The van der Waals surface area contributed by atoms with Gasteiger partial charge in [-0.2, -0.15) is 0 Å². The van der Waals surface area contributed by atoms with E-state index in [1.54, 1.807) is 17.0 Å². The molecule has 0 radical (unpaired) electrons. The molecule has 1 fully saturated rings. The lowest BCUT2D eigenvalue weighted by atomic mass is 10.1. The van der Waals surface area contributed by atoms with Crippen LogP contribution in [-0.4, -0.2) is 61.8 Å². The van der Waals surface area contributed by atoms with Crippen molar-refractivity contribution in [3.63, 3.8) is 0 Å². The van der Waals surface area contributed by atoms with Crippen molar-refractivity contribution in [2.24, 2.45) is 0 Å². The SMILES string of the molecule is CCOC(=O)N1CCN(Cc2ccc(C(=O)OC)cc2)CC1.Cl. The molecule has 1 saturated heterocycles. The largest absolute Gasteiger partial charge is 0.465 e. The van der Waals surface area contributed by atoms with Crippen LogP contribution in [-0.2, 0) is 16.0 Å². The molecule has 7 heteroatoms. The molecule has 1 heterocycles. The Kier molecular flexibility index (Phi) is 7.85. The number of amides is 1. The minimum Gasteiger partial charge on any atom is -0.465 e. The van der Waals surface area contributed by atoms with Crippen LogP contribution in [0.25, 0.3) is 0 Å². The molecule has 0 unspecified atom stereocenters. The van der Waals surface area contributed by atoms with Gasteiger partial charge in [-0.3, -0.25) is 4.90 Å². The molecule has 0 N–H and O–H groups in total. The third-order valence-electron chi connectivity index (χ3n) is 3.68.